The number of hydrogen-bond acceptors (Lipinski definition) is 3. The molecule has 0 aliphatic carbocycles. The Morgan fingerprint density at radius 1 is 1.28 bits per heavy atom. The molecule has 1 aromatic rings. The number of nitrogens with two attached hydrogens (primary N) is 1. The van der Waals surface area contributed by atoms with Crippen LogP contribution in [0.2, 0.25) is 10.0 Å². The molecular formula is C13H21Cl2N3. The average Bonchev–Trinajstić information content (AvgIpc) is 2.30. The van der Waals surface area contributed by atoms with Gasteiger partial charge in [0.1, 0.15) is 0 Å². The Morgan fingerprint density at radius 3 is 2.50 bits per heavy atom. The van der Waals surface area contributed by atoms with Crippen LogP contribution in [0.4, 0.5) is 11.4 Å². The van der Waals surface area contributed by atoms with Crippen molar-refractivity contribution in [3.8, 4) is 0 Å². The third kappa shape index (κ3) is 4.56. The van der Waals surface area contributed by atoms with Crippen LogP contribution in [0.1, 0.15) is 20.3 Å². The number of halogens is 2. The van der Waals surface area contributed by atoms with Gasteiger partial charge in [0.25, 0.3) is 0 Å². The molecule has 18 heavy (non-hydrogen) atoms. The lowest BCUT2D eigenvalue weighted by Crippen LogP contribution is -2.28. The fourth-order valence-corrected chi connectivity index (χ4v) is 1.86. The summed E-state index contributed by atoms with van der Waals surface area (Å²) in [6, 6.07) is 4.01. The first-order valence-electron chi connectivity index (χ1n) is 6.10. The van der Waals surface area contributed by atoms with E-state index in [9.17, 15) is 0 Å². The molecule has 0 aliphatic rings. The number of hydrogen-bond donors (Lipinski definition) is 2. The molecule has 1 rings (SSSR count). The van der Waals surface area contributed by atoms with E-state index in [1.807, 2.05) is 0 Å². The second-order valence-electron chi connectivity index (χ2n) is 4.71. The highest BCUT2D eigenvalue weighted by molar-refractivity contribution is 6.42. The van der Waals surface area contributed by atoms with Gasteiger partial charge in [-0.3, -0.25) is 0 Å². The van der Waals surface area contributed by atoms with Crippen molar-refractivity contribution >= 4 is 34.6 Å². The standard InChI is InChI=1S/C13H21Cl2N3/c1-9(2)18(3)6-4-5-17-13-8-11(15)10(14)7-12(13)16/h7-9,17H,4-6,16H2,1-3H3. The van der Waals surface area contributed by atoms with Gasteiger partial charge in [0, 0.05) is 12.6 Å². The van der Waals surface area contributed by atoms with E-state index < -0.39 is 0 Å². The van der Waals surface area contributed by atoms with Crippen molar-refractivity contribution in [1.29, 1.82) is 0 Å². The molecule has 0 fully saturated rings. The summed E-state index contributed by atoms with van der Waals surface area (Å²) in [7, 11) is 2.12. The Morgan fingerprint density at radius 2 is 1.89 bits per heavy atom. The van der Waals surface area contributed by atoms with Gasteiger partial charge >= 0.3 is 0 Å². The summed E-state index contributed by atoms with van der Waals surface area (Å²) in [4.78, 5) is 2.31. The van der Waals surface area contributed by atoms with Crippen molar-refractivity contribution in [1.82, 2.24) is 4.90 Å². The quantitative estimate of drug-likeness (QED) is 0.620. The van der Waals surface area contributed by atoms with Crippen LogP contribution in [0, 0.1) is 0 Å². The van der Waals surface area contributed by atoms with Gasteiger partial charge in [0.05, 0.1) is 21.4 Å². The van der Waals surface area contributed by atoms with Gasteiger partial charge in [-0.15, -0.1) is 0 Å². The lowest BCUT2D eigenvalue weighted by atomic mass is 10.2. The molecule has 5 heteroatoms. The molecule has 0 unspecified atom stereocenters. The molecule has 102 valence electrons. The molecule has 0 heterocycles. The van der Waals surface area contributed by atoms with Crippen molar-refractivity contribution in [3.05, 3.63) is 22.2 Å². The molecule has 0 amide bonds. The van der Waals surface area contributed by atoms with Gasteiger partial charge < -0.3 is 16.0 Å². The molecule has 0 spiro atoms. The zero-order valence-electron chi connectivity index (χ0n) is 11.1. The first-order chi connectivity index (χ1) is 8.41. The Bertz CT molecular complexity index is 394. The van der Waals surface area contributed by atoms with Crippen LogP contribution in [0.5, 0.6) is 0 Å². The summed E-state index contributed by atoms with van der Waals surface area (Å²) >= 11 is 11.8. The van der Waals surface area contributed by atoms with E-state index in [0.717, 1.165) is 25.2 Å². The van der Waals surface area contributed by atoms with Crippen molar-refractivity contribution < 1.29 is 0 Å². The Hall–Kier alpha value is -0.640. The molecule has 3 nitrogen and oxygen atoms in total. The molecular weight excluding hydrogens is 269 g/mol. The second kappa shape index (κ2) is 7.07. The smallest absolute Gasteiger partial charge is 0.0614 e. The molecule has 0 atom stereocenters. The fourth-order valence-electron chi connectivity index (χ4n) is 1.53. The maximum atomic E-state index is 5.95. The Kier molecular flexibility index (Phi) is 6.06. The van der Waals surface area contributed by atoms with Crippen LogP contribution in [0.25, 0.3) is 0 Å². The second-order valence-corrected chi connectivity index (χ2v) is 5.52. The molecule has 3 N–H and O–H groups in total. The highest BCUT2D eigenvalue weighted by Crippen LogP contribution is 2.30. The number of nitrogen functional groups attached to an aromatic ring is 1. The van der Waals surface area contributed by atoms with Gasteiger partial charge in [-0.1, -0.05) is 23.2 Å². The van der Waals surface area contributed by atoms with Crippen LogP contribution >= 0.6 is 23.2 Å². The minimum Gasteiger partial charge on any atom is -0.397 e. The summed E-state index contributed by atoms with van der Waals surface area (Å²) in [5.74, 6) is 0. The number of nitrogens with zero attached hydrogens (tertiary/aromatic N) is 1. The first-order valence-corrected chi connectivity index (χ1v) is 6.86. The molecule has 0 bridgehead atoms. The van der Waals surface area contributed by atoms with Crippen molar-refractivity contribution in [3.63, 3.8) is 0 Å². The topological polar surface area (TPSA) is 41.3 Å². The number of rotatable bonds is 6. The van der Waals surface area contributed by atoms with E-state index in [1.54, 1.807) is 12.1 Å². The number of anilines is 2. The first kappa shape index (κ1) is 15.4. The van der Waals surface area contributed by atoms with Crippen LogP contribution < -0.4 is 11.1 Å². The lowest BCUT2D eigenvalue weighted by molar-refractivity contribution is 0.273. The average molecular weight is 290 g/mol. The van der Waals surface area contributed by atoms with E-state index in [0.29, 0.717) is 21.8 Å². The third-order valence-corrected chi connectivity index (χ3v) is 3.70. The zero-order chi connectivity index (χ0) is 13.7. The molecule has 0 saturated carbocycles. The van der Waals surface area contributed by atoms with Crippen molar-refractivity contribution in [2.75, 3.05) is 31.2 Å². The molecule has 0 saturated heterocycles. The molecule has 1 aromatic carbocycles. The van der Waals surface area contributed by atoms with E-state index in [-0.39, 0.29) is 0 Å². The predicted octanol–water partition coefficient (Wildman–Crippen LogP) is 3.72. The van der Waals surface area contributed by atoms with E-state index in [2.05, 4.69) is 31.1 Å². The molecule has 0 aliphatic heterocycles. The Balaban J connectivity index is 2.42. The number of benzene rings is 1. The number of nitrogens with one attached hydrogen (secondary N) is 1. The Labute approximate surface area is 119 Å². The fraction of sp³-hybridized carbons (Fsp3) is 0.538. The van der Waals surface area contributed by atoms with Gasteiger partial charge in [-0.05, 0) is 46.0 Å². The van der Waals surface area contributed by atoms with E-state index >= 15 is 0 Å². The lowest BCUT2D eigenvalue weighted by Gasteiger charge is -2.21. The summed E-state index contributed by atoms with van der Waals surface area (Å²) in [6.07, 6.45) is 1.05. The van der Waals surface area contributed by atoms with Crippen molar-refractivity contribution in [2.45, 2.75) is 26.3 Å². The summed E-state index contributed by atoms with van der Waals surface area (Å²) in [5, 5.41) is 4.29. The largest absolute Gasteiger partial charge is 0.397 e. The van der Waals surface area contributed by atoms with Crippen LogP contribution in [0.3, 0.4) is 0 Å². The normalized spacial score (nSPS) is 11.3. The van der Waals surface area contributed by atoms with Gasteiger partial charge in [0.15, 0.2) is 0 Å². The van der Waals surface area contributed by atoms with E-state index in [1.165, 1.54) is 0 Å². The minimum atomic E-state index is 0.485. The summed E-state index contributed by atoms with van der Waals surface area (Å²) in [5.41, 5.74) is 7.34. The predicted molar refractivity (Wildman–Crippen MR) is 81.7 cm³/mol. The maximum Gasteiger partial charge on any atom is 0.0614 e. The zero-order valence-corrected chi connectivity index (χ0v) is 12.6. The van der Waals surface area contributed by atoms with Crippen molar-refractivity contribution in [2.24, 2.45) is 0 Å². The van der Waals surface area contributed by atoms with Gasteiger partial charge in [-0.2, -0.15) is 0 Å². The van der Waals surface area contributed by atoms with Crippen LogP contribution in [-0.2, 0) is 0 Å². The molecule has 0 radical (unpaired) electrons. The van der Waals surface area contributed by atoms with Gasteiger partial charge in [0.2, 0.25) is 0 Å². The van der Waals surface area contributed by atoms with Crippen LogP contribution in [-0.4, -0.2) is 31.1 Å². The monoisotopic (exact) mass is 289 g/mol. The SMILES string of the molecule is CC(C)N(C)CCCNc1cc(Cl)c(Cl)cc1N. The van der Waals surface area contributed by atoms with E-state index in [4.69, 9.17) is 28.9 Å². The highest BCUT2D eigenvalue weighted by atomic mass is 35.5. The highest BCUT2D eigenvalue weighted by Gasteiger charge is 2.05. The summed E-state index contributed by atoms with van der Waals surface area (Å²) in [6.45, 7) is 6.28. The van der Waals surface area contributed by atoms with Crippen LogP contribution in [0.15, 0.2) is 12.1 Å². The van der Waals surface area contributed by atoms with Gasteiger partial charge in [-0.25, -0.2) is 0 Å². The third-order valence-electron chi connectivity index (χ3n) is 2.98. The minimum absolute atomic E-state index is 0.485. The summed E-state index contributed by atoms with van der Waals surface area (Å²) < 4.78 is 0. The molecule has 0 aromatic heterocycles. The maximum absolute atomic E-state index is 5.95.